The van der Waals surface area contributed by atoms with Crippen molar-refractivity contribution < 1.29 is 17.6 Å². The minimum Gasteiger partial charge on any atom is -0.322 e. The molecule has 2 aromatic rings. The van der Waals surface area contributed by atoms with Gasteiger partial charge in [-0.05, 0) is 30.3 Å². The van der Waals surface area contributed by atoms with Crippen LogP contribution < -0.4 is 10.5 Å². The standard InChI is InChI=1S/C12H10FN3O3S/c13-9-5-8(6-15-7-9)12(17)16-10-1-3-11(4-2-10)20(14,18)19/h1-7H,(H,16,17)(H2,14,18,19). The lowest BCUT2D eigenvalue weighted by atomic mass is 10.2. The molecule has 0 radical (unpaired) electrons. The van der Waals surface area contributed by atoms with E-state index >= 15 is 0 Å². The molecule has 1 amide bonds. The van der Waals surface area contributed by atoms with E-state index in [2.05, 4.69) is 10.3 Å². The molecule has 0 unspecified atom stereocenters. The Morgan fingerprint density at radius 3 is 2.40 bits per heavy atom. The SMILES string of the molecule is NS(=O)(=O)c1ccc(NC(=O)c2cncc(F)c2)cc1. The van der Waals surface area contributed by atoms with Crippen LogP contribution in [0.1, 0.15) is 10.4 Å². The Kier molecular flexibility index (Phi) is 3.77. The van der Waals surface area contributed by atoms with E-state index in [-0.39, 0.29) is 10.5 Å². The van der Waals surface area contributed by atoms with Crippen molar-refractivity contribution in [1.82, 2.24) is 4.98 Å². The van der Waals surface area contributed by atoms with Crippen molar-refractivity contribution in [3.8, 4) is 0 Å². The molecule has 2 rings (SSSR count). The van der Waals surface area contributed by atoms with E-state index in [1.165, 1.54) is 30.5 Å². The summed E-state index contributed by atoms with van der Waals surface area (Å²) in [6.07, 6.45) is 2.20. The van der Waals surface area contributed by atoms with Crippen LogP contribution in [0.15, 0.2) is 47.6 Å². The normalized spacial score (nSPS) is 11.1. The van der Waals surface area contributed by atoms with Crippen molar-refractivity contribution in [2.45, 2.75) is 4.90 Å². The van der Waals surface area contributed by atoms with E-state index in [1.807, 2.05) is 0 Å². The van der Waals surface area contributed by atoms with Gasteiger partial charge in [-0.25, -0.2) is 17.9 Å². The molecule has 1 aromatic heterocycles. The fourth-order valence-corrected chi connectivity index (χ4v) is 1.98. The van der Waals surface area contributed by atoms with Gasteiger partial charge in [0.15, 0.2) is 0 Å². The van der Waals surface area contributed by atoms with Crippen LogP contribution in [0.25, 0.3) is 0 Å². The lowest BCUT2D eigenvalue weighted by molar-refractivity contribution is 0.102. The van der Waals surface area contributed by atoms with Gasteiger partial charge in [0.05, 0.1) is 16.7 Å². The highest BCUT2D eigenvalue weighted by atomic mass is 32.2. The van der Waals surface area contributed by atoms with E-state index in [0.29, 0.717) is 5.69 Å². The number of nitrogens with two attached hydrogens (primary N) is 1. The van der Waals surface area contributed by atoms with Crippen LogP contribution in [-0.4, -0.2) is 19.3 Å². The van der Waals surface area contributed by atoms with Crippen LogP contribution in [0.5, 0.6) is 0 Å². The number of primary sulfonamides is 1. The number of nitrogens with one attached hydrogen (secondary N) is 1. The van der Waals surface area contributed by atoms with Crippen molar-refractivity contribution in [3.05, 3.63) is 54.1 Å². The first-order valence-corrected chi connectivity index (χ1v) is 6.96. The van der Waals surface area contributed by atoms with E-state index < -0.39 is 21.7 Å². The summed E-state index contributed by atoms with van der Waals surface area (Å²) < 4.78 is 35.1. The molecule has 3 N–H and O–H groups in total. The lowest BCUT2D eigenvalue weighted by Crippen LogP contribution is -2.14. The van der Waals surface area contributed by atoms with Gasteiger partial charge in [0, 0.05) is 11.9 Å². The summed E-state index contributed by atoms with van der Waals surface area (Å²) in [4.78, 5) is 15.3. The number of rotatable bonds is 3. The summed E-state index contributed by atoms with van der Waals surface area (Å²) in [6.45, 7) is 0. The second-order valence-electron chi connectivity index (χ2n) is 3.92. The summed E-state index contributed by atoms with van der Waals surface area (Å²) in [5, 5.41) is 7.43. The number of carbonyl (C=O) groups excluding carboxylic acids is 1. The van der Waals surface area contributed by atoms with Crippen molar-refractivity contribution in [2.24, 2.45) is 5.14 Å². The van der Waals surface area contributed by atoms with E-state index in [1.54, 1.807) is 0 Å². The highest BCUT2D eigenvalue weighted by Gasteiger charge is 2.10. The molecule has 8 heteroatoms. The topological polar surface area (TPSA) is 102 Å². The second-order valence-corrected chi connectivity index (χ2v) is 5.48. The van der Waals surface area contributed by atoms with Gasteiger partial charge >= 0.3 is 0 Å². The van der Waals surface area contributed by atoms with Gasteiger partial charge in [-0.2, -0.15) is 0 Å². The van der Waals surface area contributed by atoms with Crippen LogP contribution in [0, 0.1) is 5.82 Å². The zero-order chi connectivity index (χ0) is 14.8. The Morgan fingerprint density at radius 2 is 1.85 bits per heavy atom. The van der Waals surface area contributed by atoms with Crippen molar-refractivity contribution >= 4 is 21.6 Å². The Balaban J connectivity index is 2.16. The van der Waals surface area contributed by atoms with Crippen LogP contribution >= 0.6 is 0 Å². The molecule has 0 aliphatic carbocycles. The highest BCUT2D eigenvalue weighted by Crippen LogP contribution is 2.14. The predicted molar refractivity (Wildman–Crippen MR) is 70.0 cm³/mol. The van der Waals surface area contributed by atoms with Crippen molar-refractivity contribution in [2.75, 3.05) is 5.32 Å². The number of hydrogen-bond acceptors (Lipinski definition) is 4. The van der Waals surface area contributed by atoms with Crippen LogP contribution in [0.3, 0.4) is 0 Å². The van der Waals surface area contributed by atoms with Gasteiger partial charge in [-0.1, -0.05) is 0 Å². The fourth-order valence-electron chi connectivity index (χ4n) is 1.47. The van der Waals surface area contributed by atoms with Gasteiger partial charge in [0.1, 0.15) is 5.82 Å². The Hall–Kier alpha value is -2.32. The maximum Gasteiger partial charge on any atom is 0.257 e. The molecule has 0 aliphatic rings. The number of pyridine rings is 1. The molecular weight excluding hydrogens is 285 g/mol. The van der Waals surface area contributed by atoms with Crippen molar-refractivity contribution in [1.29, 1.82) is 0 Å². The molecule has 1 heterocycles. The molecule has 0 spiro atoms. The van der Waals surface area contributed by atoms with Gasteiger partial charge in [0.25, 0.3) is 5.91 Å². The molecule has 0 atom stereocenters. The summed E-state index contributed by atoms with van der Waals surface area (Å²) in [6, 6.07) is 6.32. The van der Waals surface area contributed by atoms with Crippen molar-refractivity contribution in [3.63, 3.8) is 0 Å². The second kappa shape index (κ2) is 5.35. The molecule has 0 bridgehead atoms. The predicted octanol–water partition coefficient (Wildman–Crippen LogP) is 1.12. The number of benzene rings is 1. The Bertz CT molecular complexity index is 745. The molecule has 0 saturated carbocycles. The smallest absolute Gasteiger partial charge is 0.257 e. The summed E-state index contributed by atoms with van der Waals surface area (Å²) in [5.41, 5.74) is 0.409. The highest BCUT2D eigenvalue weighted by molar-refractivity contribution is 7.89. The van der Waals surface area contributed by atoms with Crippen LogP contribution in [0.4, 0.5) is 10.1 Å². The number of halogens is 1. The molecule has 20 heavy (non-hydrogen) atoms. The Labute approximate surface area is 114 Å². The molecule has 104 valence electrons. The monoisotopic (exact) mass is 295 g/mol. The quantitative estimate of drug-likeness (QED) is 0.885. The number of amides is 1. The average molecular weight is 295 g/mol. The van der Waals surface area contributed by atoms with E-state index in [9.17, 15) is 17.6 Å². The number of aromatic nitrogens is 1. The summed E-state index contributed by atoms with van der Waals surface area (Å²) >= 11 is 0. The van der Waals surface area contributed by atoms with Crippen LogP contribution in [0.2, 0.25) is 0 Å². The van der Waals surface area contributed by atoms with Gasteiger partial charge in [-0.3, -0.25) is 9.78 Å². The molecule has 1 aromatic carbocycles. The average Bonchev–Trinajstić information content (AvgIpc) is 2.38. The molecule has 0 fully saturated rings. The van der Waals surface area contributed by atoms with Crippen LogP contribution in [-0.2, 0) is 10.0 Å². The number of carbonyl (C=O) groups is 1. The number of hydrogen-bond donors (Lipinski definition) is 2. The number of sulfonamides is 1. The lowest BCUT2D eigenvalue weighted by Gasteiger charge is -2.05. The minimum atomic E-state index is -3.78. The third kappa shape index (κ3) is 3.37. The number of anilines is 1. The van der Waals surface area contributed by atoms with E-state index in [4.69, 9.17) is 5.14 Å². The molecular formula is C12H10FN3O3S. The third-order valence-electron chi connectivity index (χ3n) is 2.41. The third-order valence-corrected chi connectivity index (χ3v) is 3.34. The maximum absolute atomic E-state index is 12.9. The fraction of sp³-hybridized carbons (Fsp3) is 0. The largest absolute Gasteiger partial charge is 0.322 e. The van der Waals surface area contributed by atoms with Gasteiger partial charge in [-0.15, -0.1) is 0 Å². The zero-order valence-corrected chi connectivity index (χ0v) is 10.9. The first kappa shape index (κ1) is 14.1. The molecule has 0 aliphatic heterocycles. The summed E-state index contributed by atoms with van der Waals surface area (Å²) in [7, 11) is -3.78. The van der Waals surface area contributed by atoms with E-state index in [0.717, 1.165) is 12.3 Å². The van der Waals surface area contributed by atoms with Gasteiger partial charge in [0.2, 0.25) is 10.0 Å². The molecule has 6 nitrogen and oxygen atoms in total. The molecule has 0 saturated heterocycles. The first-order valence-electron chi connectivity index (χ1n) is 5.41. The zero-order valence-electron chi connectivity index (χ0n) is 10.1. The Morgan fingerprint density at radius 1 is 1.20 bits per heavy atom. The minimum absolute atomic E-state index is 0.0560. The first-order chi connectivity index (χ1) is 9.36. The van der Waals surface area contributed by atoms with Gasteiger partial charge < -0.3 is 5.32 Å². The summed E-state index contributed by atoms with van der Waals surface area (Å²) in [5.74, 6) is -1.18. The maximum atomic E-state index is 12.9. The number of nitrogens with zero attached hydrogens (tertiary/aromatic N) is 1.